The van der Waals surface area contributed by atoms with Gasteiger partial charge in [0, 0.05) is 4.88 Å². The molecule has 14 heavy (non-hydrogen) atoms. The van der Waals surface area contributed by atoms with Crippen molar-refractivity contribution in [3.05, 3.63) is 53.3 Å². The molecule has 0 nitrogen and oxygen atoms in total. The van der Waals surface area contributed by atoms with E-state index < -0.39 is 0 Å². The minimum Gasteiger partial charge on any atom is -0.144 e. The summed E-state index contributed by atoms with van der Waals surface area (Å²) in [6, 6.07) is 11.0. The molecule has 1 radical (unpaired) electrons. The average Bonchev–Trinajstić information content (AvgIpc) is 2.88. The van der Waals surface area contributed by atoms with Crippen LogP contribution in [0.5, 0.6) is 0 Å². The van der Waals surface area contributed by atoms with Gasteiger partial charge in [0.1, 0.15) is 0 Å². The largest absolute Gasteiger partial charge is 0.144 e. The summed E-state index contributed by atoms with van der Waals surface area (Å²) in [6.07, 6.45) is 4.65. The van der Waals surface area contributed by atoms with E-state index in [0.717, 1.165) is 12.8 Å². The van der Waals surface area contributed by atoms with Gasteiger partial charge in [0.05, 0.1) is 0 Å². The molecule has 3 rings (SSSR count). The standard InChI is InChI=1S/C13H11S/c1-4-10-5-2-7-12(11(10)6-1)13-8-3-9-14-13/h1-3,5,7-9H,4,6H2. The number of hydrogen-bond donors (Lipinski definition) is 0. The number of rotatable bonds is 1. The van der Waals surface area contributed by atoms with Crippen LogP contribution in [0.1, 0.15) is 11.1 Å². The monoisotopic (exact) mass is 199 g/mol. The molecule has 1 aromatic carbocycles. The molecule has 0 bridgehead atoms. The molecule has 69 valence electrons. The quantitative estimate of drug-likeness (QED) is 0.656. The second kappa shape index (κ2) is 3.25. The van der Waals surface area contributed by atoms with E-state index in [1.807, 2.05) is 11.3 Å². The zero-order valence-corrected chi connectivity index (χ0v) is 8.68. The molecule has 0 saturated heterocycles. The van der Waals surface area contributed by atoms with Crippen molar-refractivity contribution in [2.24, 2.45) is 0 Å². The SMILES string of the molecule is [CH]1Cc2cccc(-c3cccs3)c2C1. The Hall–Kier alpha value is -1.08. The highest BCUT2D eigenvalue weighted by Gasteiger charge is 2.15. The molecule has 0 saturated carbocycles. The van der Waals surface area contributed by atoms with Crippen molar-refractivity contribution >= 4 is 11.3 Å². The van der Waals surface area contributed by atoms with Crippen LogP contribution in [0.2, 0.25) is 0 Å². The third kappa shape index (κ3) is 1.20. The molecule has 0 unspecified atom stereocenters. The van der Waals surface area contributed by atoms with E-state index >= 15 is 0 Å². The molecule has 1 heteroatoms. The summed E-state index contributed by atoms with van der Waals surface area (Å²) in [6.45, 7) is 0. The lowest BCUT2D eigenvalue weighted by Crippen LogP contribution is -1.85. The first-order chi connectivity index (χ1) is 6.95. The van der Waals surface area contributed by atoms with Crippen LogP contribution in [0.25, 0.3) is 10.4 Å². The van der Waals surface area contributed by atoms with E-state index in [1.54, 1.807) is 0 Å². The van der Waals surface area contributed by atoms with Crippen molar-refractivity contribution < 1.29 is 0 Å². The predicted octanol–water partition coefficient (Wildman–Crippen LogP) is 3.72. The molecule has 2 aromatic rings. The molecular formula is C13H11S. The third-order valence-electron chi connectivity index (χ3n) is 2.77. The van der Waals surface area contributed by atoms with Gasteiger partial charge in [-0.05, 0) is 47.4 Å². The number of fused-ring (bicyclic) bond motifs is 1. The molecule has 1 aliphatic carbocycles. The first kappa shape index (κ1) is 8.25. The molecule has 0 atom stereocenters. The fraction of sp³-hybridized carbons (Fsp3) is 0.154. The van der Waals surface area contributed by atoms with Gasteiger partial charge in [-0.2, -0.15) is 0 Å². The third-order valence-corrected chi connectivity index (χ3v) is 3.68. The maximum absolute atomic E-state index is 2.36. The van der Waals surface area contributed by atoms with Gasteiger partial charge in [0.2, 0.25) is 0 Å². The van der Waals surface area contributed by atoms with Crippen molar-refractivity contribution in [1.82, 2.24) is 0 Å². The summed E-state index contributed by atoms with van der Waals surface area (Å²) in [5, 5.41) is 2.15. The Morgan fingerprint density at radius 2 is 2.00 bits per heavy atom. The normalized spacial score (nSPS) is 14.3. The summed E-state index contributed by atoms with van der Waals surface area (Å²) in [4.78, 5) is 1.40. The smallest absolute Gasteiger partial charge is 0.0345 e. The van der Waals surface area contributed by atoms with Crippen molar-refractivity contribution in [3.63, 3.8) is 0 Å². The Kier molecular flexibility index (Phi) is 1.91. The topological polar surface area (TPSA) is 0 Å². The first-order valence-corrected chi connectivity index (χ1v) is 5.79. The highest BCUT2D eigenvalue weighted by Crippen LogP contribution is 2.34. The minimum atomic E-state index is 1.14. The van der Waals surface area contributed by atoms with Gasteiger partial charge in [0.15, 0.2) is 0 Å². The van der Waals surface area contributed by atoms with Crippen LogP contribution in [0, 0.1) is 6.42 Å². The highest BCUT2D eigenvalue weighted by molar-refractivity contribution is 7.13. The lowest BCUT2D eigenvalue weighted by atomic mass is 10.0. The van der Waals surface area contributed by atoms with Crippen LogP contribution in [0.4, 0.5) is 0 Å². The molecule has 0 amide bonds. The fourth-order valence-corrected chi connectivity index (χ4v) is 2.88. The van der Waals surface area contributed by atoms with Crippen LogP contribution < -0.4 is 0 Å². The summed E-state index contributed by atoms with van der Waals surface area (Å²) >= 11 is 1.83. The van der Waals surface area contributed by atoms with Crippen molar-refractivity contribution in [1.29, 1.82) is 0 Å². The number of hydrogen-bond acceptors (Lipinski definition) is 1. The average molecular weight is 199 g/mol. The van der Waals surface area contributed by atoms with Gasteiger partial charge in [-0.1, -0.05) is 24.3 Å². The molecule has 0 N–H and O–H groups in total. The second-order valence-corrected chi connectivity index (χ2v) is 4.57. The second-order valence-electron chi connectivity index (χ2n) is 3.62. The van der Waals surface area contributed by atoms with Crippen molar-refractivity contribution in [2.75, 3.05) is 0 Å². The lowest BCUT2D eigenvalue weighted by Gasteiger charge is -2.05. The predicted molar refractivity (Wildman–Crippen MR) is 61.5 cm³/mol. The van der Waals surface area contributed by atoms with Crippen LogP contribution in [-0.4, -0.2) is 0 Å². The van der Waals surface area contributed by atoms with Gasteiger partial charge in [-0.25, -0.2) is 0 Å². The lowest BCUT2D eigenvalue weighted by molar-refractivity contribution is 1.17. The van der Waals surface area contributed by atoms with Crippen LogP contribution in [-0.2, 0) is 12.8 Å². The van der Waals surface area contributed by atoms with E-state index in [2.05, 4.69) is 42.1 Å². The maximum atomic E-state index is 2.36. The zero-order valence-electron chi connectivity index (χ0n) is 7.86. The Bertz CT molecular complexity index is 440. The van der Waals surface area contributed by atoms with Crippen LogP contribution in [0.3, 0.4) is 0 Å². The molecule has 1 heterocycles. The van der Waals surface area contributed by atoms with E-state index in [9.17, 15) is 0 Å². The van der Waals surface area contributed by atoms with Gasteiger partial charge in [-0.3, -0.25) is 0 Å². The Morgan fingerprint density at radius 1 is 1.00 bits per heavy atom. The molecule has 0 fully saturated rings. The first-order valence-electron chi connectivity index (χ1n) is 4.91. The van der Waals surface area contributed by atoms with E-state index in [4.69, 9.17) is 0 Å². The van der Waals surface area contributed by atoms with Gasteiger partial charge in [0.25, 0.3) is 0 Å². The molecule has 0 aliphatic heterocycles. The summed E-state index contributed by atoms with van der Waals surface area (Å²) in [7, 11) is 0. The summed E-state index contributed by atoms with van der Waals surface area (Å²) in [5.41, 5.74) is 4.48. The minimum absolute atomic E-state index is 1.14. The summed E-state index contributed by atoms with van der Waals surface area (Å²) in [5.74, 6) is 0. The number of thiophene rings is 1. The molecule has 1 aromatic heterocycles. The summed E-state index contributed by atoms with van der Waals surface area (Å²) < 4.78 is 0. The van der Waals surface area contributed by atoms with Crippen LogP contribution in [0.15, 0.2) is 35.7 Å². The molecule has 1 aliphatic rings. The molecule has 0 spiro atoms. The van der Waals surface area contributed by atoms with Crippen molar-refractivity contribution in [2.45, 2.75) is 12.8 Å². The highest BCUT2D eigenvalue weighted by atomic mass is 32.1. The zero-order chi connectivity index (χ0) is 9.38. The number of benzene rings is 1. The Labute approximate surface area is 88.2 Å². The fourth-order valence-electron chi connectivity index (χ4n) is 2.10. The van der Waals surface area contributed by atoms with Crippen molar-refractivity contribution in [3.8, 4) is 10.4 Å². The van der Waals surface area contributed by atoms with Gasteiger partial charge in [-0.15, -0.1) is 11.3 Å². The van der Waals surface area contributed by atoms with Gasteiger partial charge >= 0.3 is 0 Å². The Morgan fingerprint density at radius 3 is 2.86 bits per heavy atom. The van der Waals surface area contributed by atoms with Crippen LogP contribution >= 0.6 is 11.3 Å². The van der Waals surface area contributed by atoms with E-state index in [0.29, 0.717) is 0 Å². The maximum Gasteiger partial charge on any atom is 0.0345 e. The van der Waals surface area contributed by atoms with E-state index in [-0.39, 0.29) is 0 Å². The Balaban J connectivity index is 2.20. The molecular weight excluding hydrogens is 188 g/mol. The van der Waals surface area contributed by atoms with Gasteiger partial charge < -0.3 is 0 Å². The van der Waals surface area contributed by atoms with E-state index in [1.165, 1.54) is 21.6 Å².